The van der Waals surface area contributed by atoms with Gasteiger partial charge in [-0.3, -0.25) is 0 Å². The molecule has 3 nitrogen and oxygen atoms in total. The first-order chi connectivity index (χ1) is 7.67. The molecular formula is C12H10FNO2. The molecule has 0 atom stereocenters. The van der Waals surface area contributed by atoms with E-state index in [9.17, 15) is 9.18 Å². The number of ether oxygens (including phenoxy) is 1. The Bertz CT molecular complexity index is 443. The van der Waals surface area contributed by atoms with Crippen LogP contribution in [0.2, 0.25) is 0 Å². The molecule has 4 heteroatoms. The fraction of sp³-hybridized carbons (Fsp3) is 0.167. The van der Waals surface area contributed by atoms with Crippen molar-refractivity contribution in [2.45, 2.75) is 6.92 Å². The van der Waals surface area contributed by atoms with Crippen LogP contribution in [0.5, 0.6) is 0 Å². The zero-order valence-electron chi connectivity index (χ0n) is 8.74. The number of esters is 1. The lowest BCUT2D eigenvalue weighted by Gasteiger charge is -1.98. The number of carbonyl (C=O) groups is 1. The van der Waals surface area contributed by atoms with Crippen LogP contribution in [0.4, 0.5) is 4.39 Å². The predicted molar refractivity (Wildman–Crippen MR) is 56.9 cm³/mol. The van der Waals surface area contributed by atoms with Crippen molar-refractivity contribution in [2.24, 2.45) is 0 Å². The van der Waals surface area contributed by atoms with Crippen molar-refractivity contribution in [2.75, 3.05) is 6.61 Å². The highest BCUT2D eigenvalue weighted by molar-refractivity contribution is 5.91. The summed E-state index contributed by atoms with van der Waals surface area (Å²) in [6.07, 6.45) is 1.07. The standard InChI is InChI=1S/C12H10FNO2/c1-2-16-12(15)11(13)7-9-3-5-10(8-14)6-4-9/h3-7H,2H2,1H3/b11-7+. The van der Waals surface area contributed by atoms with Gasteiger partial charge in [-0.2, -0.15) is 9.65 Å². The first kappa shape index (κ1) is 11.9. The number of nitrogens with zero attached hydrogens (tertiary/aromatic N) is 1. The van der Waals surface area contributed by atoms with E-state index < -0.39 is 11.8 Å². The Morgan fingerprint density at radius 2 is 2.12 bits per heavy atom. The van der Waals surface area contributed by atoms with E-state index >= 15 is 0 Å². The van der Waals surface area contributed by atoms with E-state index in [0.29, 0.717) is 11.1 Å². The van der Waals surface area contributed by atoms with Gasteiger partial charge >= 0.3 is 5.97 Å². The molecule has 16 heavy (non-hydrogen) atoms. The summed E-state index contributed by atoms with van der Waals surface area (Å²) in [5, 5.41) is 8.55. The van der Waals surface area contributed by atoms with Crippen molar-refractivity contribution in [1.29, 1.82) is 5.26 Å². The zero-order chi connectivity index (χ0) is 12.0. The van der Waals surface area contributed by atoms with Gasteiger partial charge in [0.2, 0.25) is 5.83 Å². The van der Waals surface area contributed by atoms with Crippen LogP contribution in [0.25, 0.3) is 6.08 Å². The molecule has 82 valence electrons. The van der Waals surface area contributed by atoms with E-state index in [2.05, 4.69) is 4.74 Å². The average molecular weight is 219 g/mol. The summed E-state index contributed by atoms with van der Waals surface area (Å²) in [5.74, 6) is -1.93. The summed E-state index contributed by atoms with van der Waals surface area (Å²) >= 11 is 0. The van der Waals surface area contributed by atoms with E-state index in [4.69, 9.17) is 5.26 Å². The molecule has 1 aromatic carbocycles. The van der Waals surface area contributed by atoms with Crippen LogP contribution < -0.4 is 0 Å². The number of nitriles is 1. The maximum absolute atomic E-state index is 13.2. The summed E-state index contributed by atoms with van der Waals surface area (Å²) in [4.78, 5) is 11.0. The van der Waals surface area contributed by atoms with Gasteiger partial charge in [-0.15, -0.1) is 0 Å². The molecule has 0 saturated heterocycles. The first-order valence-corrected chi connectivity index (χ1v) is 4.72. The van der Waals surface area contributed by atoms with Crippen LogP contribution in [-0.4, -0.2) is 12.6 Å². The van der Waals surface area contributed by atoms with Gasteiger partial charge in [0.25, 0.3) is 0 Å². The molecular weight excluding hydrogens is 209 g/mol. The fourth-order valence-electron chi connectivity index (χ4n) is 1.06. The van der Waals surface area contributed by atoms with Crippen molar-refractivity contribution in [3.63, 3.8) is 0 Å². The molecule has 0 amide bonds. The topological polar surface area (TPSA) is 50.1 Å². The molecule has 0 N–H and O–H groups in total. The van der Waals surface area contributed by atoms with Gasteiger partial charge in [0, 0.05) is 0 Å². The first-order valence-electron chi connectivity index (χ1n) is 4.72. The Hall–Kier alpha value is -2.15. The molecule has 0 aliphatic rings. The number of halogens is 1. The van der Waals surface area contributed by atoms with Gasteiger partial charge in [0.1, 0.15) is 0 Å². The molecule has 0 aliphatic carbocycles. The highest BCUT2D eigenvalue weighted by Gasteiger charge is 2.08. The van der Waals surface area contributed by atoms with Crippen LogP contribution in [0, 0.1) is 11.3 Å². The van der Waals surface area contributed by atoms with E-state index in [1.165, 1.54) is 0 Å². The molecule has 0 unspecified atom stereocenters. The number of hydrogen-bond acceptors (Lipinski definition) is 3. The Morgan fingerprint density at radius 1 is 1.50 bits per heavy atom. The predicted octanol–water partition coefficient (Wildman–Crippen LogP) is 2.43. The molecule has 0 radical (unpaired) electrons. The van der Waals surface area contributed by atoms with E-state index in [0.717, 1.165) is 6.08 Å². The molecule has 0 fully saturated rings. The summed E-state index contributed by atoms with van der Waals surface area (Å²) in [7, 11) is 0. The lowest BCUT2D eigenvalue weighted by Crippen LogP contribution is -2.03. The minimum Gasteiger partial charge on any atom is -0.461 e. The second kappa shape index (κ2) is 5.66. The third-order valence-corrected chi connectivity index (χ3v) is 1.80. The zero-order valence-corrected chi connectivity index (χ0v) is 8.74. The Balaban J connectivity index is 2.82. The summed E-state index contributed by atoms with van der Waals surface area (Å²) in [6.45, 7) is 1.74. The van der Waals surface area contributed by atoms with Crippen molar-refractivity contribution >= 4 is 12.0 Å². The number of carbonyl (C=O) groups excluding carboxylic acids is 1. The lowest BCUT2D eigenvalue weighted by molar-refractivity contribution is -0.140. The van der Waals surface area contributed by atoms with Crippen molar-refractivity contribution in [3.8, 4) is 6.07 Å². The number of hydrogen-bond donors (Lipinski definition) is 0. The van der Waals surface area contributed by atoms with Crippen LogP contribution in [0.3, 0.4) is 0 Å². The van der Waals surface area contributed by atoms with Gasteiger partial charge in [-0.25, -0.2) is 4.79 Å². The smallest absolute Gasteiger partial charge is 0.367 e. The molecule has 1 rings (SSSR count). The van der Waals surface area contributed by atoms with E-state index in [-0.39, 0.29) is 6.61 Å². The minimum atomic E-state index is -0.980. The van der Waals surface area contributed by atoms with Gasteiger partial charge in [0.15, 0.2) is 0 Å². The van der Waals surface area contributed by atoms with Crippen molar-refractivity contribution < 1.29 is 13.9 Å². The van der Waals surface area contributed by atoms with Gasteiger partial charge < -0.3 is 4.74 Å². The van der Waals surface area contributed by atoms with Gasteiger partial charge in [0.05, 0.1) is 18.2 Å². The molecule has 0 saturated carbocycles. The third-order valence-electron chi connectivity index (χ3n) is 1.80. The second-order valence-corrected chi connectivity index (χ2v) is 2.95. The molecule has 0 heterocycles. The van der Waals surface area contributed by atoms with Crippen LogP contribution in [0.1, 0.15) is 18.1 Å². The second-order valence-electron chi connectivity index (χ2n) is 2.95. The average Bonchev–Trinajstić information content (AvgIpc) is 2.30. The van der Waals surface area contributed by atoms with Gasteiger partial charge in [-0.1, -0.05) is 12.1 Å². The van der Waals surface area contributed by atoms with E-state index in [1.807, 2.05) is 6.07 Å². The summed E-state index contributed by atoms with van der Waals surface area (Å²) in [5.41, 5.74) is 0.984. The largest absolute Gasteiger partial charge is 0.461 e. The Kier molecular flexibility index (Phi) is 4.22. The third kappa shape index (κ3) is 3.21. The fourth-order valence-corrected chi connectivity index (χ4v) is 1.06. The molecule has 1 aromatic rings. The van der Waals surface area contributed by atoms with E-state index in [1.54, 1.807) is 31.2 Å². The minimum absolute atomic E-state index is 0.132. The Labute approximate surface area is 92.8 Å². The molecule has 0 aromatic heterocycles. The molecule has 0 spiro atoms. The molecule has 0 aliphatic heterocycles. The maximum Gasteiger partial charge on any atom is 0.367 e. The quantitative estimate of drug-likeness (QED) is 0.579. The van der Waals surface area contributed by atoms with Gasteiger partial charge in [-0.05, 0) is 30.7 Å². The maximum atomic E-state index is 13.2. The highest BCUT2D eigenvalue weighted by Crippen LogP contribution is 2.10. The SMILES string of the molecule is CCOC(=O)/C(F)=C\c1ccc(C#N)cc1. The van der Waals surface area contributed by atoms with Crippen molar-refractivity contribution in [1.82, 2.24) is 0 Å². The summed E-state index contributed by atoms with van der Waals surface area (Å²) < 4.78 is 17.7. The Morgan fingerprint density at radius 3 is 2.62 bits per heavy atom. The number of rotatable bonds is 3. The van der Waals surface area contributed by atoms with Crippen LogP contribution in [-0.2, 0) is 9.53 Å². The van der Waals surface area contributed by atoms with Crippen molar-refractivity contribution in [3.05, 3.63) is 41.2 Å². The normalized spacial score (nSPS) is 10.7. The highest BCUT2D eigenvalue weighted by atomic mass is 19.1. The van der Waals surface area contributed by atoms with Crippen LogP contribution >= 0.6 is 0 Å². The number of benzene rings is 1. The molecule has 0 bridgehead atoms. The monoisotopic (exact) mass is 219 g/mol. The lowest BCUT2D eigenvalue weighted by atomic mass is 10.1. The van der Waals surface area contributed by atoms with Crippen LogP contribution in [0.15, 0.2) is 30.1 Å². The summed E-state index contributed by atoms with van der Waals surface area (Å²) in [6, 6.07) is 8.14.